The third-order valence-electron chi connectivity index (χ3n) is 1.92. The lowest BCUT2D eigenvalue weighted by molar-refractivity contribution is 0.672. The Balaban J connectivity index is 2.90. The molecule has 0 bridgehead atoms. The van der Waals surface area contributed by atoms with Crippen molar-refractivity contribution in [2.24, 2.45) is 4.36 Å². The van der Waals surface area contributed by atoms with E-state index in [4.69, 9.17) is 0 Å². The maximum Gasteiger partial charge on any atom is 0.0575 e. The molecule has 0 N–H and O–H groups in total. The zero-order valence-electron chi connectivity index (χ0n) is 6.83. The van der Waals surface area contributed by atoms with E-state index in [1.165, 1.54) is 0 Å². The van der Waals surface area contributed by atoms with Crippen LogP contribution in [0.3, 0.4) is 0 Å². The van der Waals surface area contributed by atoms with Crippen molar-refractivity contribution in [3.63, 3.8) is 0 Å². The number of hydrogen-bond acceptors (Lipinski definition) is 2. The molecule has 0 aliphatic carbocycles. The summed E-state index contributed by atoms with van der Waals surface area (Å²) in [6.07, 6.45) is 1.01. The summed E-state index contributed by atoms with van der Waals surface area (Å²) in [6.45, 7) is 6.02. The molecule has 0 amide bonds. The fourth-order valence-electron chi connectivity index (χ4n) is 1.11. The highest BCUT2D eigenvalue weighted by Gasteiger charge is 2.22. The van der Waals surface area contributed by atoms with Crippen molar-refractivity contribution in [3.05, 3.63) is 0 Å². The molecule has 1 aliphatic rings. The Morgan fingerprint density at radius 2 is 2.20 bits per heavy atom. The first-order valence-corrected chi connectivity index (χ1v) is 5.52. The Hall–Kier alpha value is -0.0500. The van der Waals surface area contributed by atoms with Gasteiger partial charge in [-0.3, -0.25) is 0 Å². The summed E-state index contributed by atoms with van der Waals surface area (Å²) < 4.78 is 16.0. The zero-order valence-corrected chi connectivity index (χ0v) is 7.65. The lowest BCUT2D eigenvalue weighted by Crippen LogP contribution is -2.13. The van der Waals surface area contributed by atoms with Crippen LogP contribution in [0.1, 0.15) is 27.2 Å². The predicted molar refractivity (Wildman–Crippen MR) is 44.7 cm³/mol. The van der Waals surface area contributed by atoms with Crippen molar-refractivity contribution in [1.29, 1.82) is 0 Å². The second-order valence-electron chi connectivity index (χ2n) is 3.19. The fourth-order valence-corrected chi connectivity index (χ4v) is 3.32. The molecule has 60 valence electrons. The Morgan fingerprint density at radius 1 is 1.60 bits per heavy atom. The van der Waals surface area contributed by atoms with E-state index in [2.05, 4.69) is 4.36 Å². The van der Waals surface area contributed by atoms with Gasteiger partial charge in [-0.05, 0) is 13.3 Å². The van der Waals surface area contributed by atoms with Crippen LogP contribution in [0.25, 0.3) is 0 Å². The van der Waals surface area contributed by atoms with E-state index >= 15 is 0 Å². The summed E-state index contributed by atoms with van der Waals surface area (Å²) in [7, 11) is -1.79. The van der Waals surface area contributed by atoms with Crippen molar-refractivity contribution in [2.75, 3.05) is 5.75 Å². The van der Waals surface area contributed by atoms with Gasteiger partial charge in [0.25, 0.3) is 0 Å². The highest BCUT2D eigenvalue weighted by Crippen LogP contribution is 2.18. The van der Waals surface area contributed by atoms with Crippen molar-refractivity contribution < 1.29 is 4.21 Å². The van der Waals surface area contributed by atoms with E-state index in [1.54, 1.807) is 0 Å². The molecule has 10 heavy (non-hydrogen) atoms. The van der Waals surface area contributed by atoms with Crippen molar-refractivity contribution >= 4 is 9.73 Å². The van der Waals surface area contributed by atoms with Crippen molar-refractivity contribution in [1.82, 2.24) is 0 Å². The van der Waals surface area contributed by atoms with Gasteiger partial charge < -0.3 is 0 Å². The first kappa shape index (κ1) is 8.05. The zero-order chi connectivity index (χ0) is 7.78. The summed E-state index contributed by atoms with van der Waals surface area (Å²) in [6, 6.07) is 0.329. The van der Waals surface area contributed by atoms with Crippen LogP contribution >= 0.6 is 0 Å². The third kappa shape index (κ3) is 1.34. The normalized spacial score (nSPS) is 40.2. The predicted octanol–water partition coefficient (Wildman–Crippen LogP) is 1.66. The second kappa shape index (κ2) is 2.53. The average molecular weight is 161 g/mol. The van der Waals surface area contributed by atoms with Crippen LogP contribution in [-0.2, 0) is 9.73 Å². The first-order chi connectivity index (χ1) is 4.54. The molecule has 0 fully saturated rings. The van der Waals surface area contributed by atoms with Crippen LogP contribution in [0.15, 0.2) is 4.36 Å². The van der Waals surface area contributed by atoms with Gasteiger partial charge >= 0.3 is 0 Å². The van der Waals surface area contributed by atoms with Crippen LogP contribution in [0.2, 0.25) is 0 Å². The average Bonchev–Trinajstić information content (AvgIpc) is 2.13. The fraction of sp³-hybridized carbons (Fsp3) is 1.00. The van der Waals surface area contributed by atoms with Gasteiger partial charge in [0.15, 0.2) is 0 Å². The number of rotatable bonds is 1. The van der Waals surface area contributed by atoms with Gasteiger partial charge in [-0.1, -0.05) is 13.8 Å². The second-order valence-corrected chi connectivity index (χ2v) is 6.13. The molecule has 2 atom stereocenters. The summed E-state index contributed by atoms with van der Waals surface area (Å²) in [4.78, 5) is 0. The maximum atomic E-state index is 11.7. The highest BCUT2D eigenvalue weighted by atomic mass is 32.2. The van der Waals surface area contributed by atoms with Gasteiger partial charge in [0.1, 0.15) is 0 Å². The summed E-state index contributed by atoms with van der Waals surface area (Å²) >= 11 is 0. The Bertz CT molecular complexity index is 226. The standard InChI is InChI=1S/C7H15NOS/c1-6(2)10(9)5-4-7(3)8-10/h6-7H,4-5H2,1-3H3/t7-,10?/m0/s1. The van der Waals surface area contributed by atoms with Gasteiger partial charge in [0, 0.05) is 20.7 Å². The Kier molecular flexibility index (Phi) is 2.04. The summed E-state index contributed by atoms with van der Waals surface area (Å²) in [5, 5.41) is 0.234. The van der Waals surface area contributed by atoms with Gasteiger partial charge in [0.2, 0.25) is 0 Å². The number of hydrogen-bond donors (Lipinski definition) is 0. The van der Waals surface area contributed by atoms with Gasteiger partial charge in [-0.25, -0.2) is 8.57 Å². The van der Waals surface area contributed by atoms with Gasteiger partial charge in [-0.15, -0.1) is 0 Å². The molecule has 2 nitrogen and oxygen atoms in total. The van der Waals surface area contributed by atoms with E-state index in [1.807, 2.05) is 20.8 Å². The summed E-state index contributed by atoms with van der Waals surface area (Å²) in [5.41, 5.74) is 0. The molecule has 0 aromatic carbocycles. The van der Waals surface area contributed by atoms with Crippen LogP contribution in [0.4, 0.5) is 0 Å². The lowest BCUT2D eigenvalue weighted by Gasteiger charge is -2.05. The van der Waals surface area contributed by atoms with Gasteiger partial charge in [0.05, 0.1) is 6.04 Å². The van der Waals surface area contributed by atoms with E-state index in [0.717, 1.165) is 12.2 Å². The maximum absolute atomic E-state index is 11.7. The monoisotopic (exact) mass is 161 g/mol. The van der Waals surface area contributed by atoms with E-state index in [-0.39, 0.29) is 5.25 Å². The van der Waals surface area contributed by atoms with Crippen LogP contribution < -0.4 is 0 Å². The molecule has 0 aromatic rings. The molecule has 0 saturated heterocycles. The van der Waals surface area contributed by atoms with Crippen molar-refractivity contribution in [3.8, 4) is 0 Å². The molecule has 0 saturated carbocycles. The number of nitrogens with zero attached hydrogens (tertiary/aromatic N) is 1. The topological polar surface area (TPSA) is 29.4 Å². The molecule has 0 aromatic heterocycles. The minimum atomic E-state index is -1.79. The van der Waals surface area contributed by atoms with Crippen LogP contribution in [0.5, 0.6) is 0 Å². The molecular formula is C7H15NOS. The molecule has 3 heteroatoms. The molecule has 1 heterocycles. The quantitative estimate of drug-likeness (QED) is 0.575. The first-order valence-electron chi connectivity index (χ1n) is 3.77. The van der Waals surface area contributed by atoms with Crippen molar-refractivity contribution in [2.45, 2.75) is 38.5 Å². The smallest absolute Gasteiger partial charge is 0.0575 e. The molecule has 0 radical (unpaired) electrons. The molecule has 1 aliphatic heterocycles. The van der Waals surface area contributed by atoms with Crippen LogP contribution in [-0.4, -0.2) is 21.3 Å². The Labute approximate surface area is 63.2 Å². The van der Waals surface area contributed by atoms with Gasteiger partial charge in [-0.2, -0.15) is 0 Å². The largest absolute Gasteiger partial charge is 0.249 e. The molecule has 1 rings (SSSR count). The summed E-state index contributed by atoms with van der Waals surface area (Å²) in [5.74, 6) is 0.811. The highest BCUT2D eigenvalue weighted by molar-refractivity contribution is 7.94. The van der Waals surface area contributed by atoms with Crippen LogP contribution in [0, 0.1) is 0 Å². The molecule has 0 spiro atoms. The lowest BCUT2D eigenvalue weighted by atomic mass is 10.3. The molecule has 1 unspecified atom stereocenters. The molecular weight excluding hydrogens is 146 g/mol. The van der Waals surface area contributed by atoms with E-state index in [9.17, 15) is 4.21 Å². The van der Waals surface area contributed by atoms with E-state index < -0.39 is 9.73 Å². The third-order valence-corrected chi connectivity index (χ3v) is 4.93. The SMILES string of the molecule is CC(C)S1(=O)=N[C@@H](C)CC1. The minimum Gasteiger partial charge on any atom is -0.249 e. The Morgan fingerprint density at radius 3 is 2.40 bits per heavy atom. The van der Waals surface area contributed by atoms with E-state index in [0.29, 0.717) is 6.04 Å². The minimum absolute atomic E-state index is 0.234.